The van der Waals surface area contributed by atoms with Crippen LogP contribution >= 0.6 is 0 Å². The number of nitrogens with zero attached hydrogens (tertiary/aromatic N) is 1. The third kappa shape index (κ3) is 5.16. The van der Waals surface area contributed by atoms with Crippen molar-refractivity contribution in [1.29, 1.82) is 0 Å². The van der Waals surface area contributed by atoms with Crippen molar-refractivity contribution in [2.45, 2.75) is 19.8 Å². The van der Waals surface area contributed by atoms with E-state index in [9.17, 15) is 13.2 Å². The zero-order chi connectivity index (χ0) is 20.1. The molecule has 1 aliphatic rings. The van der Waals surface area contributed by atoms with Gasteiger partial charge in [0.05, 0.1) is 11.9 Å². The van der Waals surface area contributed by atoms with Crippen molar-refractivity contribution in [3.8, 4) is 11.5 Å². The lowest BCUT2D eigenvalue weighted by molar-refractivity contribution is -0.119. The summed E-state index contributed by atoms with van der Waals surface area (Å²) >= 11 is 0. The quantitative estimate of drug-likeness (QED) is 0.682. The predicted molar refractivity (Wildman–Crippen MR) is 107 cm³/mol. The van der Waals surface area contributed by atoms with Crippen LogP contribution < -0.4 is 19.1 Å². The molecular weight excluding hydrogens is 380 g/mol. The van der Waals surface area contributed by atoms with Crippen molar-refractivity contribution in [1.82, 2.24) is 5.32 Å². The lowest BCUT2D eigenvalue weighted by atomic mass is 10.1. The summed E-state index contributed by atoms with van der Waals surface area (Å²) in [6, 6.07) is 13.1. The Hall–Kier alpha value is -2.74. The van der Waals surface area contributed by atoms with Gasteiger partial charge in [0, 0.05) is 12.6 Å². The second-order valence-corrected chi connectivity index (χ2v) is 8.65. The van der Waals surface area contributed by atoms with Crippen LogP contribution in [0.1, 0.15) is 17.5 Å². The molecule has 0 saturated carbocycles. The molecule has 2 aromatic carbocycles. The Balaban J connectivity index is 1.55. The lowest BCUT2D eigenvalue weighted by Gasteiger charge is -2.22. The molecule has 0 aromatic heterocycles. The molecule has 150 valence electrons. The number of nitrogens with one attached hydrogen (secondary N) is 1. The minimum atomic E-state index is -3.63. The monoisotopic (exact) mass is 404 g/mol. The first-order chi connectivity index (χ1) is 13.3. The van der Waals surface area contributed by atoms with Crippen LogP contribution in [-0.2, 0) is 21.2 Å². The van der Waals surface area contributed by atoms with Crippen molar-refractivity contribution in [3.05, 3.63) is 53.6 Å². The maximum absolute atomic E-state index is 12.3. The van der Waals surface area contributed by atoms with Crippen LogP contribution in [0.15, 0.2) is 42.5 Å². The molecule has 2 aromatic rings. The van der Waals surface area contributed by atoms with E-state index < -0.39 is 10.0 Å². The average molecular weight is 404 g/mol. The molecule has 0 atom stereocenters. The number of anilines is 1. The normalized spacial score (nSPS) is 12.6. The van der Waals surface area contributed by atoms with Crippen molar-refractivity contribution in [2.75, 3.05) is 30.4 Å². The van der Waals surface area contributed by atoms with Gasteiger partial charge in [-0.15, -0.1) is 0 Å². The molecule has 7 nitrogen and oxygen atoms in total. The molecule has 1 heterocycles. The molecule has 0 radical (unpaired) electrons. The van der Waals surface area contributed by atoms with E-state index in [1.807, 2.05) is 6.92 Å². The summed E-state index contributed by atoms with van der Waals surface area (Å²) in [5, 5.41) is 2.79. The molecule has 1 N–H and O–H groups in total. The molecule has 0 fully saturated rings. The van der Waals surface area contributed by atoms with Gasteiger partial charge in [0.25, 0.3) is 0 Å². The number of benzene rings is 2. The van der Waals surface area contributed by atoms with E-state index in [4.69, 9.17) is 9.47 Å². The SMILES string of the molecule is Cc1ccc(CCCNC(=O)CN(c2ccc3c(c2)OCO3)S(C)(=O)=O)cc1. The average Bonchev–Trinajstić information content (AvgIpc) is 3.11. The lowest BCUT2D eigenvalue weighted by Crippen LogP contribution is -2.40. The first-order valence-electron chi connectivity index (χ1n) is 9.02. The maximum atomic E-state index is 12.3. The van der Waals surface area contributed by atoms with Crippen LogP contribution in [0.25, 0.3) is 0 Å². The molecule has 8 heteroatoms. The van der Waals surface area contributed by atoms with Crippen LogP contribution in [0, 0.1) is 6.92 Å². The number of hydrogen-bond donors (Lipinski definition) is 1. The molecule has 0 unspecified atom stereocenters. The van der Waals surface area contributed by atoms with Crippen LogP contribution in [0.4, 0.5) is 5.69 Å². The summed E-state index contributed by atoms with van der Waals surface area (Å²) in [5.74, 6) is 0.661. The highest BCUT2D eigenvalue weighted by molar-refractivity contribution is 7.92. The van der Waals surface area contributed by atoms with E-state index in [1.54, 1.807) is 18.2 Å². The van der Waals surface area contributed by atoms with Gasteiger partial charge < -0.3 is 14.8 Å². The molecule has 0 bridgehead atoms. The van der Waals surface area contributed by atoms with Crippen LogP contribution in [0.5, 0.6) is 11.5 Å². The van der Waals surface area contributed by atoms with Crippen LogP contribution in [0.2, 0.25) is 0 Å². The van der Waals surface area contributed by atoms with E-state index >= 15 is 0 Å². The molecule has 28 heavy (non-hydrogen) atoms. The zero-order valence-electron chi connectivity index (χ0n) is 16.0. The number of aryl methyl sites for hydroxylation is 2. The second-order valence-electron chi connectivity index (χ2n) is 6.75. The van der Waals surface area contributed by atoms with E-state index in [1.165, 1.54) is 11.1 Å². The number of carbonyl (C=O) groups excluding carboxylic acids is 1. The highest BCUT2D eigenvalue weighted by Crippen LogP contribution is 2.36. The van der Waals surface area contributed by atoms with Crippen molar-refractivity contribution in [3.63, 3.8) is 0 Å². The Morgan fingerprint density at radius 2 is 1.82 bits per heavy atom. The summed E-state index contributed by atoms with van der Waals surface area (Å²) in [6.07, 6.45) is 2.69. The standard InChI is InChI=1S/C20H24N2O5S/c1-15-5-7-16(8-6-15)4-3-11-21-20(23)13-22(28(2,24)25)17-9-10-18-19(12-17)27-14-26-18/h5-10,12H,3-4,11,13-14H2,1-2H3,(H,21,23). The third-order valence-corrected chi connectivity index (χ3v) is 5.56. The fourth-order valence-corrected chi connectivity index (χ4v) is 3.75. The van der Waals surface area contributed by atoms with Crippen molar-refractivity contribution < 1.29 is 22.7 Å². The topological polar surface area (TPSA) is 84.9 Å². The van der Waals surface area contributed by atoms with Crippen molar-refractivity contribution >= 4 is 21.6 Å². The summed E-state index contributed by atoms with van der Waals surface area (Å²) in [4.78, 5) is 12.3. The predicted octanol–water partition coefficient (Wildman–Crippen LogP) is 2.24. The number of carbonyl (C=O) groups is 1. The van der Waals surface area contributed by atoms with E-state index in [2.05, 4.69) is 29.6 Å². The van der Waals surface area contributed by atoms with Gasteiger partial charge in [-0.05, 0) is 37.5 Å². The number of ether oxygens (including phenoxy) is 2. The Kier molecular flexibility index (Phi) is 6.08. The van der Waals surface area contributed by atoms with E-state index in [0.29, 0.717) is 23.7 Å². The van der Waals surface area contributed by atoms with Gasteiger partial charge in [-0.25, -0.2) is 8.42 Å². The van der Waals surface area contributed by atoms with Gasteiger partial charge in [-0.3, -0.25) is 9.10 Å². The van der Waals surface area contributed by atoms with E-state index in [-0.39, 0.29) is 19.2 Å². The Morgan fingerprint density at radius 3 is 2.54 bits per heavy atom. The van der Waals surface area contributed by atoms with Gasteiger partial charge in [0.15, 0.2) is 11.5 Å². The van der Waals surface area contributed by atoms with Gasteiger partial charge in [-0.1, -0.05) is 29.8 Å². The molecule has 3 rings (SSSR count). The fraction of sp³-hybridized carbons (Fsp3) is 0.350. The van der Waals surface area contributed by atoms with E-state index in [0.717, 1.165) is 23.4 Å². The molecular formula is C20H24N2O5S. The largest absolute Gasteiger partial charge is 0.454 e. The Morgan fingerprint density at radius 1 is 1.11 bits per heavy atom. The van der Waals surface area contributed by atoms with Crippen LogP contribution in [-0.4, -0.2) is 40.5 Å². The number of sulfonamides is 1. The first-order valence-corrected chi connectivity index (χ1v) is 10.9. The zero-order valence-corrected chi connectivity index (χ0v) is 16.8. The van der Waals surface area contributed by atoms with Gasteiger partial charge in [-0.2, -0.15) is 0 Å². The summed E-state index contributed by atoms with van der Waals surface area (Å²) in [5.41, 5.74) is 2.78. The van der Waals surface area contributed by atoms with Crippen LogP contribution in [0.3, 0.4) is 0 Å². The minimum absolute atomic E-state index is 0.0964. The van der Waals surface area contributed by atoms with Gasteiger partial charge in [0.1, 0.15) is 6.54 Å². The smallest absolute Gasteiger partial charge is 0.240 e. The first kappa shape index (κ1) is 20.0. The molecule has 1 amide bonds. The Labute approximate surface area is 165 Å². The number of amides is 1. The number of rotatable bonds is 8. The van der Waals surface area contributed by atoms with Gasteiger partial charge in [0.2, 0.25) is 22.7 Å². The second kappa shape index (κ2) is 8.52. The molecule has 0 spiro atoms. The Bertz CT molecular complexity index is 942. The number of hydrogen-bond acceptors (Lipinski definition) is 5. The molecule has 1 aliphatic heterocycles. The third-order valence-electron chi connectivity index (χ3n) is 4.42. The van der Waals surface area contributed by atoms with Gasteiger partial charge >= 0.3 is 0 Å². The highest BCUT2D eigenvalue weighted by atomic mass is 32.2. The molecule has 0 saturated heterocycles. The highest BCUT2D eigenvalue weighted by Gasteiger charge is 2.23. The summed E-state index contributed by atoms with van der Waals surface area (Å²) in [6.45, 7) is 2.32. The summed E-state index contributed by atoms with van der Waals surface area (Å²) < 4.78 is 36.0. The summed E-state index contributed by atoms with van der Waals surface area (Å²) in [7, 11) is -3.63. The minimum Gasteiger partial charge on any atom is -0.454 e. The van der Waals surface area contributed by atoms with Crippen molar-refractivity contribution in [2.24, 2.45) is 0 Å². The maximum Gasteiger partial charge on any atom is 0.240 e. The number of fused-ring (bicyclic) bond motifs is 1. The fourth-order valence-electron chi connectivity index (χ4n) is 2.90. The molecule has 0 aliphatic carbocycles.